The van der Waals surface area contributed by atoms with E-state index < -0.39 is 4.92 Å². The first-order chi connectivity index (χ1) is 15.9. The van der Waals surface area contributed by atoms with E-state index in [1.165, 1.54) is 25.3 Å². The molecule has 1 amide bonds. The number of carbonyl (C=O) groups excluding carboxylic acids is 1. The SMILES string of the molecule is COc1ccc([N+](=O)[O-])cc1NC(=O)C1CCN(Cc2nc(-c3ccccc3Cl)no2)CC1. The number of likely N-dealkylation sites (tertiary alicyclic amines) is 1. The number of amides is 1. The molecule has 11 heteroatoms. The highest BCUT2D eigenvalue weighted by molar-refractivity contribution is 6.33. The van der Waals surface area contributed by atoms with Gasteiger partial charge in [-0.05, 0) is 44.1 Å². The number of rotatable bonds is 7. The molecule has 2 heterocycles. The van der Waals surface area contributed by atoms with E-state index in [1.54, 1.807) is 6.07 Å². The molecule has 0 atom stereocenters. The third-order valence-corrected chi connectivity index (χ3v) is 5.88. The quantitative estimate of drug-likeness (QED) is 0.402. The fourth-order valence-electron chi connectivity index (χ4n) is 3.76. The molecule has 1 N–H and O–H groups in total. The van der Waals surface area contributed by atoms with Crippen molar-refractivity contribution in [2.24, 2.45) is 5.92 Å². The van der Waals surface area contributed by atoms with Crippen LogP contribution in [-0.2, 0) is 11.3 Å². The molecule has 4 rings (SSSR count). The van der Waals surface area contributed by atoms with Crippen LogP contribution < -0.4 is 10.1 Å². The molecule has 3 aromatic rings. The summed E-state index contributed by atoms with van der Waals surface area (Å²) in [6.45, 7) is 1.83. The maximum Gasteiger partial charge on any atom is 0.271 e. The molecule has 2 aromatic carbocycles. The maximum atomic E-state index is 12.8. The summed E-state index contributed by atoms with van der Waals surface area (Å²) < 4.78 is 10.6. The number of hydrogen-bond donors (Lipinski definition) is 1. The van der Waals surface area contributed by atoms with Crippen molar-refractivity contribution >= 4 is 28.9 Å². The third-order valence-electron chi connectivity index (χ3n) is 5.55. The van der Waals surface area contributed by atoms with Gasteiger partial charge in [0.25, 0.3) is 5.69 Å². The number of benzene rings is 2. The van der Waals surface area contributed by atoms with Gasteiger partial charge in [0.05, 0.1) is 29.3 Å². The van der Waals surface area contributed by atoms with E-state index in [9.17, 15) is 14.9 Å². The van der Waals surface area contributed by atoms with E-state index in [1.807, 2.05) is 18.2 Å². The highest BCUT2D eigenvalue weighted by Gasteiger charge is 2.27. The second kappa shape index (κ2) is 9.97. The maximum absolute atomic E-state index is 12.8. The molecule has 0 spiro atoms. The van der Waals surface area contributed by atoms with Crippen LogP contribution in [0.15, 0.2) is 47.0 Å². The molecule has 1 aliphatic rings. The summed E-state index contributed by atoms with van der Waals surface area (Å²) in [5.74, 6) is 0.890. The van der Waals surface area contributed by atoms with Gasteiger partial charge >= 0.3 is 0 Å². The first-order valence-corrected chi connectivity index (χ1v) is 10.8. The summed E-state index contributed by atoms with van der Waals surface area (Å²) in [5, 5.41) is 18.4. The Balaban J connectivity index is 1.33. The molecule has 1 aliphatic heterocycles. The third kappa shape index (κ3) is 5.29. The topological polar surface area (TPSA) is 124 Å². The minimum absolute atomic E-state index is 0.114. The number of anilines is 1. The van der Waals surface area contributed by atoms with Crippen LogP contribution in [-0.4, -0.2) is 46.1 Å². The fourth-order valence-corrected chi connectivity index (χ4v) is 3.98. The lowest BCUT2D eigenvalue weighted by Gasteiger charge is -2.30. The zero-order valence-corrected chi connectivity index (χ0v) is 18.6. The van der Waals surface area contributed by atoms with Crippen molar-refractivity contribution in [3.05, 3.63) is 63.5 Å². The normalized spacial score (nSPS) is 14.7. The number of nitrogens with one attached hydrogen (secondary N) is 1. The average molecular weight is 472 g/mol. The number of methoxy groups -OCH3 is 1. The molecule has 0 unspecified atom stereocenters. The van der Waals surface area contributed by atoms with Gasteiger partial charge in [-0.2, -0.15) is 4.98 Å². The lowest BCUT2D eigenvalue weighted by molar-refractivity contribution is -0.384. The Morgan fingerprint density at radius 3 is 2.76 bits per heavy atom. The standard InChI is InChI=1S/C22H22ClN5O5/c1-32-19-7-6-15(28(30)31)12-18(19)24-22(29)14-8-10-27(11-9-14)13-20-25-21(26-33-20)16-4-2-3-5-17(16)23/h2-7,12,14H,8-11,13H2,1H3,(H,24,29). The average Bonchev–Trinajstić information content (AvgIpc) is 3.27. The van der Waals surface area contributed by atoms with Crippen LogP contribution in [0.3, 0.4) is 0 Å². The lowest BCUT2D eigenvalue weighted by atomic mass is 9.95. The molecule has 0 aliphatic carbocycles. The number of carbonyl (C=O) groups is 1. The number of aromatic nitrogens is 2. The molecule has 10 nitrogen and oxygen atoms in total. The smallest absolute Gasteiger partial charge is 0.271 e. The molecule has 0 bridgehead atoms. The number of halogens is 1. The molecule has 1 saturated heterocycles. The zero-order chi connectivity index (χ0) is 23.4. The summed E-state index contributed by atoms with van der Waals surface area (Å²) >= 11 is 6.20. The molecule has 172 valence electrons. The van der Waals surface area contributed by atoms with Crippen molar-refractivity contribution < 1.29 is 19.0 Å². The van der Waals surface area contributed by atoms with Crippen molar-refractivity contribution in [2.45, 2.75) is 19.4 Å². The van der Waals surface area contributed by atoms with Gasteiger partial charge in [-0.15, -0.1) is 0 Å². The van der Waals surface area contributed by atoms with Gasteiger partial charge in [-0.1, -0.05) is 28.9 Å². The summed E-state index contributed by atoms with van der Waals surface area (Å²) in [6, 6.07) is 11.4. The van der Waals surface area contributed by atoms with E-state index in [2.05, 4.69) is 20.4 Å². The predicted molar refractivity (Wildman–Crippen MR) is 121 cm³/mol. The van der Waals surface area contributed by atoms with Crippen molar-refractivity contribution in [1.29, 1.82) is 0 Å². The number of ether oxygens (including phenoxy) is 1. The van der Waals surface area contributed by atoms with Gasteiger partial charge < -0.3 is 14.6 Å². The van der Waals surface area contributed by atoms with Crippen molar-refractivity contribution in [3.8, 4) is 17.1 Å². The number of nitro benzene ring substituents is 1. The molecular weight excluding hydrogens is 450 g/mol. The van der Waals surface area contributed by atoms with E-state index in [0.29, 0.717) is 60.5 Å². The number of piperidine rings is 1. The summed E-state index contributed by atoms with van der Waals surface area (Å²) in [5.41, 5.74) is 0.884. The molecule has 1 fully saturated rings. The summed E-state index contributed by atoms with van der Waals surface area (Å²) in [7, 11) is 1.45. The Labute approximate surface area is 194 Å². The summed E-state index contributed by atoms with van der Waals surface area (Å²) in [6.07, 6.45) is 1.27. The lowest BCUT2D eigenvalue weighted by Crippen LogP contribution is -2.37. The highest BCUT2D eigenvalue weighted by Crippen LogP contribution is 2.30. The minimum atomic E-state index is -0.512. The fraction of sp³-hybridized carbons (Fsp3) is 0.318. The van der Waals surface area contributed by atoms with Crippen LogP contribution >= 0.6 is 11.6 Å². The summed E-state index contributed by atoms with van der Waals surface area (Å²) in [4.78, 5) is 29.9. The molecule has 1 aromatic heterocycles. The van der Waals surface area contributed by atoms with Gasteiger partial charge in [0.2, 0.25) is 17.6 Å². The van der Waals surface area contributed by atoms with Crippen LogP contribution in [0.25, 0.3) is 11.4 Å². The Kier molecular flexibility index (Phi) is 6.85. The highest BCUT2D eigenvalue weighted by atomic mass is 35.5. The van der Waals surface area contributed by atoms with Gasteiger partial charge in [0.15, 0.2) is 0 Å². The molecule has 0 saturated carbocycles. The molecule has 33 heavy (non-hydrogen) atoms. The Hall–Kier alpha value is -3.50. The van der Waals surface area contributed by atoms with Crippen LogP contribution in [0.5, 0.6) is 5.75 Å². The van der Waals surface area contributed by atoms with Crippen LogP contribution in [0.4, 0.5) is 11.4 Å². The van der Waals surface area contributed by atoms with Crippen LogP contribution in [0, 0.1) is 16.0 Å². The Bertz CT molecular complexity index is 1160. The number of non-ortho nitro benzene ring substituents is 1. The number of nitro groups is 1. The Morgan fingerprint density at radius 2 is 2.06 bits per heavy atom. The first kappa shape index (κ1) is 22.7. The van der Waals surface area contributed by atoms with E-state index in [0.717, 1.165) is 0 Å². The van der Waals surface area contributed by atoms with Gasteiger partial charge in [0, 0.05) is 23.6 Å². The van der Waals surface area contributed by atoms with Crippen molar-refractivity contribution in [3.63, 3.8) is 0 Å². The van der Waals surface area contributed by atoms with Crippen LogP contribution in [0.1, 0.15) is 18.7 Å². The van der Waals surface area contributed by atoms with E-state index >= 15 is 0 Å². The second-order valence-electron chi connectivity index (χ2n) is 7.67. The van der Waals surface area contributed by atoms with Crippen molar-refractivity contribution in [1.82, 2.24) is 15.0 Å². The predicted octanol–water partition coefficient (Wildman–Crippen LogP) is 4.16. The largest absolute Gasteiger partial charge is 0.495 e. The van der Waals surface area contributed by atoms with Gasteiger partial charge in [-0.3, -0.25) is 19.8 Å². The Morgan fingerprint density at radius 1 is 1.30 bits per heavy atom. The second-order valence-corrected chi connectivity index (χ2v) is 8.08. The first-order valence-electron chi connectivity index (χ1n) is 10.4. The monoisotopic (exact) mass is 471 g/mol. The number of hydrogen-bond acceptors (Lipinski definition) is 8. The zero-order valence-electron chi connectivity index (χ0n) is 17.9. The van der Waals surface area contributed by atoms with Crippen LogP contribution in [0.2, 0.25) is 5.02 Å². The minimum Gasteiger partial charge on any atom is -0.495 e. The van der Waals surface area contributed by atoms with Gasteiger partial charge in [-0.25, -0.2) is 0 Å². The molecular formula is C22H22ClN5O5. The molecule has 0 radical (unpaired) electrons. The van der Waals surface area contributed by atoms with Crippen molar-refractivity contribution in [2.75, 3.05) is 25.5 Å². The number of nitrogens with zero attached hydrogens (tertiary/aromatic N) is 4. The van der Waals surface area contributed by atoms with Gasteiger partial charge in [0.1, 0.15) is 5.75 Å². The van der Waals surface area contributed by atoms with E-state index in [4.69, 9.17) is 20.9 Å². The van der Waals surface area contributed by atoms with E-state index in [-0.39, 0.29) is 23.2 Å².